The molecule has 1 aliphatic rings. The predicted octanol–water partition coefficient (Wildman–Crippen LogP) is 2.21. The number of fused-ring (bicyclic) bond motifs is 1. The van der Waals surface area contributed by atoms with Crippen LogP contribution in [0.2, 0.25) is 0 Å². The van der Waals surface area contributed by atoms with Gasteiger partial charge in [-0.25, -0.2) is 4.21 Å². The standard InChI is InChI=1S/C16H12N2O3S/c1-17-22(21)12-8-6-11(7-9-12)10-18-15(19)13-4-2-3-5-14(13)16(18)20/h2-9H,1,10H2. The third-order valence-corrected chi connectivity index (χ3v) is 4.37. The summed E-state index contributed by atoms with van der Waals surface area (Å²) in [6, 6.07) is 13.5. The van der Waals surface area contributed by atoms with Gasteiger partial charge in [0.2, 0.25) is 0 Å². The molecule has 0 aliphatic carbocycles. The molecule has 1 heterocycles. The summed E-state index contributed by atoms with van der Waals surface area (Å²) >= 11 is 0. The van der Waals surface area contributed by atoms with Crippen LogP contribution >= 0.6 is 0 Å². The number of imide groups is 1. The molecule has 2 aromatic carbocycles. The Morgan fingerprint density at radius 1 is 0.955 bits per heavy atom. The van der Waals surface area contributed by atoms with Gasteiger partial charge in [0.25, 0.3) is 11.8 Å². The molecule has 1 unspecified atom stereocenters. The SMILES string of the molecule is C=NS(=O)c1ccc(CN2C(=O)c3ccccc3C2=O)cc1. The molecule has 110 valence electrons. The summed E-state index contributed by atoms with van der Waals surface area (Å²) in [5, 5.41) is 0. The Morgan fingerprint density at radius 3 is 2.00 bits per heavy atom. The zero-order valence-corrected chi connectivity index (χ0v) is 12.4. The smallest absolute Gasteiger partial charge is 0.261 e. The second kappa shape index (κ2) is 5.65. The van der Waals surface area contributed by atoms with Gasteiger partial charge in [-0.1, -0.05) is 24.3 Å². The Balaban J connectivity index is 1.83. The van der Waals surface area contributed by atoms with Crippen LogP contribution in [0.15, 0.2) is 57.8 Å². The van der Waals surface area contributed by atoms with Crippen LogP contribution in [-0.4, -0.2) is 27.6 Å². The zero-order chi connectivity index (χ0) is 15.7. The Morgan fingerprint density at radius 2 is 1.50 bits per heavy atom. The maximum absolute atomic E-state index is 12.3. The van der Waals surface area contributed by atoms with Crippen molar-refractivity contribution in [2.24, 2.45) is 4.40 Å². The molecule has 0 bridgehead atoms. The molecule has 5 nitrogen and oxygen atoms in total. The van der Waals surface area contributed by atoms with E-state index in [1.807, 2.05) is 0 Å². The fraction of sp³-hybridized carbons (Fsp3) is 0.0625. The van der Waals surface area contributed by atoms with Crippen LogP contribution in [0.4, 0.5) is 0 Å². The van der Waals surface area contributed by atoms with Crippen LogP contribution in [0.25, 0.3) is 0 Å². The molecule has 0 aromatic heterocycles. The van der Waals surface area contributed by atoms with Gasteiger partial charge >= 0.3 is 0 Å². The third kappa shape index (κ3) is 2.37. The number of carbonyl (C=O) groups excluding carboxylic acids is 2. The maximum atomic E-state index is 12.3. The summed E-state index contributed by atoms with van der Waals surface area (Å²) in [5.74, 6) is -0.581. The number of carbonyl (C=O) groups is 2. The predicted molar refractivity (Wildman–Crippen MR) is 83.0 cm³/mol. The van der Waals surface area contributed by atoms with E-state index in [4.69, 9.17) is 0 Å². The van der Waals surface area contributed by atoms with Crippen LogP contribution in [0, 0.1) is 0 Å². The summed E-state index contributed by atoms with van der Waals surface area (Å²) in [5.41, 5.74) is 1.64. The Hall–Kier alpha value is -2.60. The van der Waals surface area contributed by atoms with E-state index >= 15 is 0 Å². The monoisotopic (exact) mass is 312 g/mol. The number of rotatable bonds is 4. The second-order valence-corrected chi connectivity index (χ2v) is 5.99. The number of benzene rings is 2. The Kier molecular flexibility index (Phi) is 3.68. The highest BCUT2D eigenvalue weighted by Crippen LogP contribution is 2.24. The van der Waals surface area contributed by atoms with E-state index < -0.39 is 11.0 Å². The lowest BCUT2D eigenvalue weighted by atomic mass is 10.1. The number of amides is 2. The van der Waals surface area contributed by atoms with Gasteiger partial charge in [-0.3, -0.25) is 14.5 Å². The lowest BCUT2D eigenvalue weighted by Crippen LogP contribution is -2.29. The lowest BCUT2D eigenvalue weighted by molar-refractivity contribution is 0.0642. The molecule has 6 heteroatoms. The molecule has 22 heavy (non-hydrogen) atoms. The summed E-state index contributed by atoms with van der Waals surface area (Å²) in [4.78, 5) is 26.3. The molecule has 0 fully saturated rings. The number of nitrogens with zero attached hydrogens (tertiary/aromatic N) is 2. The van der Waals surface area contributed by atoms with E-state index in [1.54, 1.807) is 48.5 Å². The molecule has 0 N–H and O–H groups in total. The van der Waals surface area contributed by atoms with Crippen LogP contribution < -0.4 is 0 Å². The lowest BCUT2D eigenvalue weighted by Gasteiger charge is -2.13. The summed E-state index contributed by atoms with van der Waals surface area (Å²) < 4.78 is 14.9. The largest absolute Gasteiger partial charge is 0.270 e. The quantitative estimate of drug-likeness (QED) is 0.642. The van der Waals surface area contributed by atoms with Crippen molar-refractivity contribution < 1.29 is 13.8 Å². The molecule has 3 rings (SSSR count). The maximum Gasteiger partial charge on any atom is 0.261 e. The first kappa shape index (κ1) is 14.3. The molecule has 2 aromatic rings. The summed E-state index contributed by atoms with van der Waals surface area (Å²) in [6.07, 6.45) is 0. The average Bonchev–Trinajstić information content (AvgIpc) is 2.80. The van der Waals surface area contributed by atoms with Gasteiger partial charge in [-0.15, -0.1) is 0 Å². The Bertz CT molecular complexity index is 764. The van der Waals surface area contributed by atoms with Crippen LogP contribution in [0.3, 0.4) is 0 Å². The van der Waals surface area contributed by atoms with Gasteiger partial charge < -0.3 is 0 Å². The average molecular weight is 312 g/mol. The van der Waals surface area contributed by atoms with E-state index in [1.165, 1.54) is 4.90 Å². The molecule has 1 aliphatic heterocycles. The molecule has 1 atom stereocenters. The highest BCUT2D eigenvalue weighted by molar-refractivity contribution is 7.83. The molecular formula is C16H12N2O3S. The van der Waals surface area contributed by atoms with Crippen molar-refractivity contribution in [3.63, 3.8) is 0 Å². The highest BCUT2D eigenvalue weighted by Gasteiger charge is 2.34. The zero-order valence-electron chi connectivity index (χ0n) is 11.6. The van der Waals surface area contributed by atoms with Crippen molar-refractivity contribution in [1.29, 1.82) is 0 Å². The van der Waals surface area contributed by atoms with Gasteiger partial charge in [0, 0.05) is 6.72 Å². The number of hydrogen-bond donors (Lipinski definition) is 0. The first-order valence-corrected chi connectivity index (χ1v) is 7.65. The molecule has 0 saturated heterocycles. The minimum Gasteiger partial charge on any atom is -0.270 e. The molecule has 0 spiro atoms. The minimum atomic E-state index is -1.48. The van der Waals surface area contributed by atoms with E-state index in [-0.39, 0.29) is 18.4 Å². The molecule has 0 saturated carbocycles. The van der Waals surface area contributed by atoms with Crippen molar-refractivity contribution in [3.05, 3.63) is 65.2 Å². The Labute approximate surface area is 129 Å². The fourth-order valence-electron chi connectivity index (χ4n) is 2.35. The van der Waals surface area contributed by atoms with E-state index in [2.05, 4.69) is 11.1 Å². The van der Waals surface area contributed by atoms with E-state index in [0.29, 0.717) is 16.0 Å². The summed E-state index contributed by atoms with van der Waals surface area (Å²) in [7, 11) is -1.48. The van der Waals surface area contributed by atoms with Gasteiger partial charge in [-0.2, -0.15) is 4.40 Å². The first-order valence-electron chi connectivity index (χ1n) is 6.54. The summed E-state index contributed by atoms with van der Waals surface area (Å²) in [6.45, 7) is 3.42. The van der Waals surface area contributed by atoms with Gasteiger partial charge in [0.15, 0.2) is 11.0 Å². The molecule has 0 radical (unpaired) electrons. The molecular weight excluding hydrogens is 300 g/mol. The normalized spacial score (nSPS) is 14.8. The van der Waals surface area contributed by atoms with Crippen LogP contribution in [0.1, 0.15) is 26.3 Å². The fourth-order valence-corrected chi connectivity index (χ4v) is 2.87. The van der Waals surface area contributed by atoms with Crippen molar-refractivity contribution >= 4 is 29.5 Å². The van der Waals surface area contributed by atoms with Gasteiger partial charge in [0.1, 0.15) is 0 Å². The van der Waals surface area contributed by atoms with E-state index in [9.17, 15) is 13.8 Å². The van der Waals surface area contributed by atoms with Crippen molar-refractivity contribution in [1.82, 2.24) is 4.90 Å². The third-order valence-electron chi connectivity index (χ3n) is 3.46. The second-order valence-electron chi connectivity index (χ2n) is 4.76. The first-order chi connectivity index (χ1) is 10.6. The van der Waals surface area contributed by atoms with E-state index in [0.717, 1.165) is 5.56 Å². The van der Waals surface area contributed by atoms with Gasteiger partial charge in [0.05, 0.1) is 22.6 Å². The van der Waals surface area contributed by atoms with Crippen molar-refractivity contribution in [2.45, 2.75) is 11.4 Å². The van der Waals surface area contributed by atoms with Gasteiger partial charge in [-0.05, 0) is 29.8 Å². The molecule has 2 amide bonds. The van der Waals surface area contributed by atoms with Crippen LogP contribution in [-0.2, 0) is 17.5 Å². The van der Waals surface area contributed by atoms with Crippen molar-refractivity contribution in [3.8, 4) is 0 Å². The minimum absolute atomic E-state index is 0.181. The topological polar surface area (TPSA) is 66.8 Å². The van der Waals surface area contributed by atoms with Crippen LogP contribution in [0.5, 0.6) is 0 Å². The van der Waals surface area contributed by atoms with Crippen molar-refractivity contribution in [2.75, 3.05) is 0 Å². The number of hydrogen-bond acceptors (Lipinski definition) is 3. The highest BCUT2D eigenvalue weighted by atomic mass is 32.2.